The maximum Gasteiger partial charge on any atom is 0.172 e. The molecule has 0 aliphatic rings. The highest BCUT2D eigenvalue weighted by Crippen LogP contribution is 2.21. The molecule has 0 fully saturated rings. The number of hydrogen-bond acceptors (Lipinski definition) is 3. The summed E-state index contributed by atoms with van der Waals surface area (Å²) < 4.78 is 3.19. The molecule has 0 bridgehead atoms. The van der Waals surface area contributed by atoms with Crippen LogP contribution < -0.4 is 0 Å². The van der Waals surface area contributed by atoms with Gasteiger partial charge in [0, 0.05) is 20.4 Å². The second kappa shape index (κ2) is 6.12. The number of aromatic nitrogens is 2. The molecule has 1 aromatic heterocycles. The first-order valence-corrected chi connectivity index (χ1v) is 7.44. The maximum atomic E-state index is 8.33. The molecule has 92 valence electrons. The highest BCUT2D eigenvalue weighted by Gasteiger charge is 2.08. The number of imidazole rings is 1. The van der Waals surface area contributed by atoms with E-state index in [1.54, 1.807) is 11.8 Å². The van der Waals surface area contributed by atoms with E-state index in [-0.39, 0.29) is 6.54 Å². The minimum absolute atomic E-state index is 0.279. The van der Waals surface area contributed by atoms with Crippen molar-refractivity contribution in [1.29, 1.82) is 0 Å². The highest BCUT2D eigenvalue weighted by atomic mass is 127. The number of halogens is 1. The van der Waals surface area contributed by atoms with Gasteiger partial charge < -0.3 is 0 Å². The summed E-state index contributed by atoms with van der Waals surface area (Å²) in [7, 11) is 0. The van der Waals surface area contributed by atoms with Gasteiger partial charge in [0.25, 0.3) is 0 Å². The molecular formula is C11H10IN5S. The molecule has 2 aromatic rings. The van der Waals surface area contributed by atoms with E-state index in [2.05, 4.69) is 37.6 Å². The molecule has 0 amide bonds. The summed E-state index contributed by atoms with van der Waals surface area (Å²) in [5, 5.41) is 4.42. The lowest BCUT2D eigenvalue weighted by atomic mass is 10.3. The molecule has 5 nitrogen and oxygen atoms in total. The van der Waals surface area contributed by atoms with Crippen LogP contribution in [0.5, 0.6) is 0 Å². The Bertz CT molecular complexity index is 586. The first-order valence-electron chi connectivity index (χ1n) is 5.13. The molecule has 1 heterocycles. The van der Waals surface area contributed by atoms with Crippen LogP contribution in [0, 0.1) is 3.57 Å². The van der Waals surface area contributed by atoms with Crippen molar-refractivity contribution in [3.8, 4) is 5.69 Å². The summed E-state index contributed by atoms with van der Waals surface area (Å²) in [5.41, 5.74) is 10.2. The Morgan fingerprint density at radius 1 is 1.44 bits per heavy atom. The van der Waals surface area contributed by atoms with E-state index in [4.69, 9.17) is 5.53 Å². The van der Waals surface area contributed by atoms with Crippen LogP contribution in [-0.4, -0.2) is 15.8 Å². The minimum atomic E-state index is 0.279. The predicted octanol–water partition coefficient (Wildman–Crippen LogP) is 4.01. The minimum Gasteiger partial charge on any atom is -0.295 e. The van der Waals surface area contributed by atoms with Crippen molar-refractivity contribution in [3.63, 3.8) is 0 Å². The van der Waals surface area contributed by atoms with Crippen molar-refractivity contribution < 1.29 is 0 Å². The van der Waals surface area contributed by atoms with E-state index in [0.29, 0.717) is 0 Å². The molecule has 7 heteroatoms. The topological polar surface area (TPSA) is 66.6 Å². The van der Waals surface area contributed by atoms with Crippen molar-refractivity contribution in [2.24, 2.45) is 5.11 Å². The number of benzene rings is 1. The SMILES string of the molecule is CSc1nc(CN=[N+]=[N-])cn1-c1ccc(I)cc1. The molecule has 0 aliphatic carbocycles. The lowest BCUT2D eigenvalue weighted by molar-refractivity contribution is 0.890. The van der Waals surface area contributed by atoms with Crippen molar-refractivity contribution in [1.82, 2.24) is 9.55 Å². The fraction of sp³-hybridized carbons (Fsp3) is 0.182. The molecule has 0 radical (unpaired) electrons. The maximum absolute atomic E-state index is 8.33. The monoisotopic (exact) mass is 371 g/mol. The zero-order valence-corrected chi connectivity index (χ0v) is 12.6. The number of nitrogens with zero attached hydrogens (tertiary/aromatic N) is 5. The van der Waals surface area contributed by atoms with Gasteiger partial charge in [-0.15, -0.1) is 0 Å². The quantitative estimate of drug-likeness (QED) is 0.268. The van der Waals surface area contributed by atoms with Gasteiger partial charge in [-0.05, 0) is 58.6 Å². The van der Waals surface area contributed by atoms with E-state index < -0.39 is 0 Å². The fourth-order valence-electron chi connectivity index (χ4n) is 1.52. The fourth-order valence-corrected chi connectivity index (χ4v) is 2.44. The van der Waals surface area contributed by atoms with Gasteiger partial charge in [-0.25, -0.2) is 4.98 Å². The molecule has 0 saturated heterocycles. The normalized spacial score (nSPS) is 10.1. The third kappa shape index (κ3) is 2.98. The molecule has 0 saturated carbocycles. The van der Waals surface area contributed by atoms with Crippen LogP contribution in [0.2, 0.25) is 0 Å². The van der Waals surface area contributed by atoms with Gasteiger partial charge in [0.2, 0.25) is 0 Å². The van der Waals surface area contributed by atoms with E-state index in [9.17, 15) is 0 Å². The molecule has 0 atom stereocenters. The van der Waals surface area contributed by atoms with Crippen molar-refractivity contribution >= 4 is 34.4 Å². The molecule has 0 N–H and O–H groups in total. The number of rotatable bonds is 4. The second-order valence-corrected chi connectivity index (χ2v) is 5.47. The molecule has 18 heavy (non-hydrogen) atoms. The van der Waals surface area contributed by atoms with Crippen molar-refractivity contribution in [2.45, 2.75) is 11.7 Å². The van der Waals surface area contributed by atoms with Crippen LogP contribution >= 0.6 is 34.4 Å². The average Bonchev–Trinajstić information content (AvgIpc) is 2.80. The average molecular weight is 371 g/mol. The Morgan fingerprint density at radius 2 is 2.17 bits per heavy atom. The number of azide groups is 1. The zero-order valence-electron chi connectivity index (χ0n) is 9.62. The Hall–Kier alpha value is -1.18. The van der Waals surface area contributed by atoms with Crippen LogP contribution in [0.25, 0.3) is 16.1 Å². The highest BCUT2D eigenvalue weighted by molar-refractivity contribution is 14.1. The Balaban J connectivity index is 2.39. The molecule has 0 spiro atoms. The Labute approximate surface area is 122 Å². The first-order chi connectivity index (χ1) is 8.74. The third-order valence-corrected chi connectivity index (χ3v) is 3.68. The van der Waals surface area contributed by atoms with E-state index in [1.165, 1.54) is 3.57 Å². The Kier molecular flexibility index (Phi) is 4.51. The van der Waals surface area contributed by atoms with E-state index in [0.717, 1.165) is 16.5 Å². The van der Waals surface area contributed by atoms with Gasteiger partial charge in [0.1, 0.15) is 0 Å². The van der Waals surface area contributed by atoms with Gasteiger partial charge in [0.15, 0.2) is 5.16 Å². The molecular weight excluding hydrogens is 361 g/mol. The molecule has 0 unspecified atom stereocenters. The zero-order chi connectivity index (χ0) is 13.0. The first kappa shape index (κ1) is 13.3. The summed E-state index contributed by atoms with van der Waals surface area (Å²) in [6.07, 6.45) is 3.88. The summed E-state index contributed by atoms with van der Waals surface area (Å²) in [6.45, 7) is 0.279. The smallest absolute Gasteiger partial charge is 0.172 e. The largest absolute Gasteiger partial charge is 0.295 e. The predicted molar refractivity (Wildman–Crippen MR) is 80.9 cm³/mol. The van der Waals surface area contributed by atoms with Crippen molar-refractivity contribution in [2.75, 3.05) is 6.26 Å². The third-order valence-electron chi connectivity index (χ3n) is 2.31. The van der Waals surface area contributed by atoms with Gasteiger partial charge >= 0.3 is 0 Å². The van der Waals surface area contributed by atoms with Crippen LogP contribution in [-0.2, 0) is 6.54 Å². The van der Waals surface area contributed by atoms with E-state index in [1.807, 2.05) is 41.3 Å². The summed E-state index contributed by atoms with van der Waals surface area (Å²) in [5.74, 6) is 0. The van der Waals surface area contributed by atoms with Crippen LogP contribution in [0.1, 0.15) is 5.69 Å². The van der Waals surface area contributed by atoms with E-state index >= 15 is 0 Å². The lowest BCUT2D eigenvalue weighted by Gasteiger charge is -2.05. The second-order valence-electron chi connectivity index (χ2n) is 3.45. The summed E-state index contributed by atoms with van der Waals surface area (Å²) >= 11 is 3.84. The molecule has 0 aliphatic heterocycles. The van der Waals surface area contributed by atoms with Gasteiger partial charge in [-0.1, -0.05) is 16.9 Å². The number of hydrogen-bond donors (Lipinski definition) is 0. The molecule has 1 aromatic carbocycles. The summed E-state index contributed by atoms with van der Waals surface area (Å²) in [6, 6.07) is 8.18. The molecule has 2 rings (SSSR count). The van der Waals surface area contributed by atoms with Crippen LogP contribution in [0.3, 0.4) is 0 Å². The standard InChI is InChI=1S/C11H10IN5S/c1-18-11-15-9(6-14-16-13)7-17(11)10-4-2-8(12)3-5-10/h2-5,7H,6H2,1H3. The van der Waals surface area contributed by atoms with Gasteiger partial charge in [-0.2, -0.15) is 0 Å². The summed E-state index contributed by atoms with van der Waals surface area (Å²) in [4.78, 5) is 7.17. The Morgan fingerprint density at radius 3 is 2.78 bits per heavy atom. The van der Waals surface area contributed by atoms with Crippen LogP contribution in [0.4, 0.5) is 0 Å². The number of thioether (sulfide) groups is 1. The van der Waals surface area contributed by atoms with Gasteiger partial charge in [-0.3, -0.25) is 4.57 Å². The van der Waals surface area contributed by atoms with Crippen molar-refractivity contribution in [3.05, 3.63) is 50.2 Å². The van der Waals surface area contributed by atoms with Gasteiger partial charge in [0.05, 0.1) is 12.2 Å². The van der Waals surface area contributed by atoms with Crippen LogP contribution in [0.15, 0.2) is 40.7 Å². The lowest BCUT2D eigenvalue weighted by Crippen LogP contribution is -1.93.